The van der Waals surface area contributed by atoms with Gasteiger partial charge in [0.1, 0.15) is 17.8 Å². The fraction of sp³-hybridized carbons (Fsp3) is 0.529. The van der Waals surface area contributed by atoms with Crippen molar-refractivity contribution in [1.82, 2.24) is 10.0 Å². The van der Waals surface area contributed by atoms with E-state index in [1.54, 1.807) is 39.0 Å². The van der Waals surface area contributed by atoms with Crippen molar-refractivity contribution in [2.24, 2.45) is 0 Å². The number of ether oxygens (including phenoxy) is 1. The monoisotopic (exact) mass is 374 g/mol. The molecule has 1 aromatic carbocycles. The van der Waals surface area contributed by atoms with E-state index in [1.807, 2.05) is 0 Å². The van der Waals surface area contributed by atoms with Crippen molar-refractivity contribution < 1.29 is 23.2 Å². The molecule has 2 amide bonds. The van der Waals surface area contributed by atoms with Gasteiger partial charge in [-0.05, 0) is 44.9 Å². The predicted molar refractivity (Wildman–Crippen MR) is 89.4 cm³/mol. The van der Waals surface area contributed by atoms with E-state index in [-0.39, 0.29) is 24.6 Å². The number of alkyl halides is 1. The second kappa shape index (κ2) is 7.56. The molecule has 5 nitrogen and oxygen atoms in total. The summed E-state index contributed by atoms with van der Waals surface area (Å²) in [6.45, 7) is 4.59. The van der Waals surface area contributed by atoms with Gasteiger partial charge in [-0.3, -0.25) is 9.69 Å². The quantitative estimate of drug-likeness (QED) is 0.754. The van der Waals surface area contributed by atoms with E-state index in [1.165, 1.54) is 6.07 Å². The maximum Gasteiger partial charge on any atom is 0.411 e. The summed E-state index contributed by atoms with van der Waals surface area (Å²) in [5.74, 6) is -1.11. The molecule has 0 spiro atoms. The van der Waals surface area contributed by atoms with Crippen molar-refractivity contribution in [3.05, 3.63) is 34.9 Å². The highest BCUT2D eigenvalue weighted by Crippen LogP contribution is 2.26. The van der Waals surface area contributed by atoms with Crippen LogP contribution in [0, 0.1) is 0 Å². The number of hydrogen-bond donors (Lipinski definition) is 0. The number of nitrogens with zero attached hydrogens (tertiary/aromatic N) is 2. The zero-order valence-electron chi connectivity index (χ0n) is 14.3. The number of amides is 2. The largest absolute Gasteiger partial charge is 0.444 e. The van der Waals surface area contributed by atoms with Gasteiger partial charge in [-0.1, -0.05) is 28.2 Å². The van der Waals surface area contributed by atoms with Crippen molar-refractivity contribution in [2.45, 2.75) is 51.6 Å². The van der Waals surface area contributed by atoms with Crippen LogP contribution in [0.5, 0.6) is 0 Å². The molecule has 1 aliphatic heterocycles. The van der Waals surface area contributed by atoms with E-state index in [0.29, 0.717) is 10.6 Å². The number of carbonyl (C=O) groups excluding carboxylic acids is 2. The number of rotatable bonds is 3. The summed E-state index contributed by atoms with van der Waals surface area (Å²) < 4.78 is 33.6. The second-order valence-electron chi connectivity index (χ2n) is 6.91. The van der Waals surface area contributed by atoms with Crippen molar-refractivity contribution in [1.29, 1.82) is 0 Å². The van der Waals surface area contributed by atoms with E-state index < -0.39 is 29.8 Å². The van der Waals surface area contributed by atoms with Crippen LogP contribution in [-0.4, -0.2) is 46.4 Å². The summed E-state index contributed by atoms with van der Waals surface area (Å²) >= 11 is 5.83. The Labute approximate surface area is 150 Å². The van der Waals surface area contributed by atoms with E-state index >= 15 is 0 Å². The fourth-order valence-corrected chi connectivity index (χ4v) is 2.80. The Hall–Kier alpha value is -1.89. The van der Waals surface area contributed by atoms with Gasteiger partial charge in [0.15, 0.2) is 0 Å². The van der Waals surface area contributed by atoms with E-state index in [2.05, 4.69) is 0 Å². The Morgan fingerprint density at radius 1 is 1.40 bits per heavy atom. The molecule has 138 valence electrons. The first-order chi connectivity index (χ1) is 11.6. The number of carbonyl (C=O) groups is 2. The summed E-state index contributed by atoms with van der Waals surface area (Å²) in [6.07, 6.45) is -2.51. The van der Waals surface area contributed by atoms with Crippen LogP contribution in [0.2, 0.25) is 5.02 Å². The average molecular weight is 375 g/mol. The SMILES string of the molecule is CC(C)(C)OC(=O)N1CC[C@@H](F)[C@H]1C(=O)N(F)Cc1cccc(Cl)c1. The van der Waals surface area contributed by atoms with Gasteiger partial charge in [0.2, 0.25) is 0 Å². The lowest BCUT2D eigenvalue weighted by atomic mass is 10.1. The highest BCUT2D eigenvalue weighted by Gasteiger charge is 2.45. The number of hydrogen-bond acceptors (Lipinski definition) is 3. The Balaban J connectivity index is 2.10. The molecule has 1 aliphatic rings. The lowest BCUT2D eigenvalue weighted by molar-refractivity contribution is -0.154. The first-order valence-corrected chi connectivity index (χ1v) is 8.31. The van der Waals surface area contributed by atoms with Crippen LogP contribution in [0.1, 0.15) is 32.8 Å². The Morgan fingerprint density at radius 2 is 2.08 bits per heavy atom. The normalized spacial score (nSPS) is 20.5. The van der Waals surface area contributed by atoms with Gasteiger partial charge in [-0.2, -0.15) is 5.12 Å². The third-order valence-electron chi connectivity index (χ3n) is 3.65. The van der Waals surface area contributed by atoms with Crippen molar-refractivity contribution >= 4 is 23.6 Å². The van der Waals surface area contributed by atoms with Crippen molar-refractivity contribution in [3.63, 3.8) is 0 Å². The lowest BCUT2D eigenvalue weighted by Gasteiger charge is -2.29. The van der Waals surface area contributed by atoms with Crippen LogP contribution in [0.3, 0.4) is 0 Å². The molecule has 0 radical (unpaired) electrons. The van der Waals surface area contributed by atoms with Gasteiger partial charge in [-0.15, -0.1) is 0 Å². The second-order valence-corrected chi connectivity index (χ2v) is 7.35. The molecule has 0 saturated carbocycles. The molecule has 8 heteroatoms. The third-order valence-corrected chi connectivity index (χ3v) is 3.89. The average Bonchev–Trinajstić information content (AvgIpc) is 2.86. The fourth-order valence-electron chi connectivity index (χ4n) is 2.59. The van der Waals surface area contributed by atoms with Gasteiger partial charge in [0, 0.05) is 11.6 Å². The molecule has 0 aromatic heterocycles. The summed E-state index contributed by atoms with van der Waals surface area (Å²) in [4.78, 5) is 25.5. The Kier molecular flexibility index (Phi) is 5.87. The molecule has 1 saturated heterocycles. The molecule has 0 N–H and O–H groups in total. The van der Waals surface area contributed by atoms with Crippen molar-refractivity contribution in [2.75, 3.05) is 6.54 Å². The van der Waals surface area contributed by atoms with Crippen LogP contribution in [0.15, 0.2) is 24.3 Å². The Morgan fingerprint density at radius 3 is 2.68 bits per heavy atom. The first kappa shape index (κ1) is 19.4. The lowest BCUT2D eigenvalue weighted by Crippen LogP contribution is -2.49. The van der Waals surface area contributed by atoms with E-state index in [0.717, 1.165) is 4.90 Å². The molecule has 1 fully saturated rings. The van der Waals surface area contributed by atoms with Crippen LogP contribution in [0.25, 0.3) is 0 Å². The molecular formula is C17H21ClF2N2O3. The molecule has 1 heterocycles. The molecule has 0 unspecified atom stereocenters. The summed E-state index contributed by atoms with van der Waals surface area (Å²) in [6, 6.07) is 4.82. The van der Waals surface area contributed by atoms with Gasteiger partial charge in [0.25, 0.3) is 5.91 Å². The highest BCUT2D eigenvalue weighted by molar-refractivity contribution is 6.30. The summed E-state index contributed by atoms with van der Waals surface area (Å²) in [5.41, 5.74) is -0.337. The smallest absolute Gasteiger partial charge is 0.411 e. The van der Waals surface area contributed by atoms with E-state index in [4.69, 9.17) is 16.3 Å². The van der Waals surface area contributed by atoms with Gasteiger partial charge >= 0.3 is 6.09 Å². The van der Waals surface area contributed by atoms with E-state index in [9.17, 15) is 18.5 Å². The standard InChI is InChI=1S/C17H21ClF2N2O3/c1-17(2,3)25-16(24)21-8-7-13(19)14(21)15(23)22(20)10-11-5-4-6-12(18)9-11/h4-6,9,13-14H,7-8,10H2,1-3H3/t13-,14+/m1/s1. The highest BCUT2D eigenvalue weighted by atomic mass is 35.5. The minimum atomic E-state index is -1.64. The number of benzene rings is 1. The molecule has 25 heavy (non-hydrogen) atoms. The van der Waals surface area contributed by atoms with Crippen LogP contribution >= 0.6 is 11.6 Å². The molecule has 2 atom stereocenters. The molecule has 2 rings (SSSR count). The third kappa shape index (κ3) is 5.04. The maximum absolute atomic E-state index is 14.3. The van der Waals surface area contributed by atoms with Crippen LogP contribution in [-0.2, 0) is 16.1 Å². The van der Waals surface area contributed by atoms with Crippen LogP contribution in [0.4, 0.5) is 13.7 Å². The first-order valence-electron chi connectivity index (χ1n) is 7.94. The minimum absolute atomic E-state index is 0.00249. The van der Waals surface area contributed by atoms with Gasteiger partial charge in [-0.25, -0.2) is 9.18 Å². The van der Waals surface area contributed by atoms with Gasteiger partial charge < -0.3 is 4.74 Å². The van der Waals surface area contributed by atoms with Crippen molar-refractivity contribution in [3.8, 4) is 0 Å². The molecule has 1 aromatic rings. The summed E-state index contributed by atoms with van der Waals surface area (Å²) in [7, 11) is 0. The molecular weight excluding hydrogens is 354 g/mol. The zero-order valence-corrected chi connectivity index (χ0v) is 15.1. The molecule has 0 aliphatic carbocycles. The molecule has 0 bridgehead atoms. The zero-order chi connectivity index (χ0) is 18.8. The number of halogens is 3. The maximum atomic E-state index is 14.3. The van der Waals surface area contributed by atoms with Gasteiger partial charge in [0.05, 0.1) is 6.54 Å². The predicted octanol–water partition coefficient (Wildman–Crippen LogP) is 3.90. The number of likely N-dealkylation sites (tertiary alicyclic amines) is 1. The topological polar surface area (TPSA) is 49.9 Å². The minimum Gasteiger partial charge on any atom is -0.444 e. The van der Waals surface area contributed by atoms with Crippen LogP contribution < -0.4 is 0 Å². The Bertz CT molecular complexity index is 651. The summed E-state index contributed by atoms with van der Waals surface area (Å²) in [5, 5.41) is 0.309.